The van der Waals surface area contributed by atoms with Gasteiger partial charge in [0, 0.05) is 11.8 Å². The highest BCUT2D eigenvalue weighted by Gasteiger charge is 2.21. The van der Waals surface area contributed by atoms with E-state index in [1.54, 1.807) is 0 Å². The molecular formula is C14H11NO4S. The van der Waals surface area contributed by atoms with Crippen molar-refractivity contribution in [3.8, 4) is 10.8 Å². The number of thiophene rings is 1. The lowest BCUT2D eigenvalue weighted by Crippen LogP contribution is -2.00. The number of methoxy groups -OCH3 is 1. The fourth-order valence-corrected chi connectivity index (χ4v) is 2.93. The van der Waals surface area contributed by atoms with Gasteiger partial charge in [-0.1, -0.05) is 18.2 Å². The third-order valence-electron chi connectivity index (χ3n) is 2.81. The molecule has 6 heteroatoms. The van der Waals surface area contributed by atoms with Gasteiger partial charge in [-0.3, -0.25) is 0 Å². The van der Waals surface area contributed by atoms with E-state index in [0.29, 0.717) is 11.6 Å². The summed E-state index contributed by atoms with van der Waals surface area (Å²) in [6.07, 6.45) is 0. The van der Waals surface area contributed by atoms with Gasteiger partial charge in [-0.05, 0) is 17.5 Å². The molecule has 0 unspecified atom stereocenters. The van der Waals surface area contributed by atoms with Crippen LogP contribution in [0.1, 0.15) is 16.2 Å². The summed E-state index contributed by atoms with van der Waals surface area (Å²) in [5.41, 5.74) is 0.299. The second-order valence-electron chi connectivity index (χ2n) is 4.18. The number of carbonyl (C=O) groups is 1. The molecule has 0 fully saturated rings. The fraction of sp³-hybridized carbons (Fsp3) is 0.143. The van der Waals surface area contributed by atoms with Crippen LogP contribution in [0.25, 0.3) is 20.9 Å². The zero-order chi connectivity index (χ0) is 14.1. The molecule has 0 aliphatic carbocycles. The predicted octanol–water partition coefficient (Wildman–Crippen LogP) is 3.40. The lowest BCUT2D eigenvalue weighted by Gasteiger charge is -1.92. The Kier molecular flexibility index (Phi) is 3.25. The molecule has 2 heterocycles. The number of oxazole rings is 1. The highest BCUT2D eigenvalue weighted by atomic mass is 32.1. The molecule has 20 heavy (non-hydrogen) atoms. The molecule has 2 aromatic heterocycles. The van der Waals surface area contributed by atoms with E-state index in [9.17, 15) is 4.79 Å². The van der Waals surface area contributed by atoms with E-state index in [1.807, 2.05) is 30.3 Å². The fourth-order valence-electron chi connectivity index (χ4n) is 1.95. The lowest BCUT2D eigenvalue weighted by molar-refractivity contribution is 0.0656. The van der Waals surface area contributed by atoms with Gasteiger partial charge in [0.2, 0.25) is 11.7 Å². The van der Waals surface area contributed by atoms with Crippen LogP contribution in [0.5, 0.6) is 0 Å². The molecule has 0 radical (unpaired) electrons. The van der Waals surface area contributed by atoms with E-state index in [4.69, 9.17) is 14.3 Å². The Morgan fingerprint density at radius 2 is 2.25 bits per heavy atom. The standard InChI is InChI=1S/C14H11NO4S/c1-18-7-9-12(14(16)17)19-13(15-9)11-6-8-4-2-3-5-10(8)20-11/h2-6H,7H2,1H3,(H,16,17). The van der Waals surface area contributed by atoms with E-state index in [2.05, 4.69) is 4.98 Å². The van der Waals surface area contributed by atoms with Crippen LogP contribution in [0, 0.1) is 0 Å². The molecule has 0 saturated heterocycles. The van der Waals surface area contributed by atoms with Crippen LogP contribution in [-0.4, -0.2) is 23.2 Å². The number of hydrogen-bond acceptors (Lipinski definition) is 5. The van der Waals surface area contributed by atoms with Crippen molar-refractivity contribution in [3.63, 3.8) is 0 Å². The van der Waals surface area contributed by atoms with Crippen LogP contribution in [0.4, 0.5) is 0 Å². The summed E-state index contributed by atoms with van der Waals surface area (Å²) in [4.78, 5) is 16.2. The Morgan fingerprint density at radius 1 is 1.45 bits per heavy atom. The van der Waals surface area contributed by atoms with E-state index in [1.165, 1.54) is 18.4 Å². The summed E-state index contributed by atoms with van der Waals surface area (Å²) in [5.74, 6) is -0.994. The zero-order valence-corrected chi connectivity index (χ0v) is 11.4. The summed E-state index contributed by atoms with van der Waals surface area (Å²) in [5, 5.41) is 10.2. The summed E-state index contributed by atoms with van der Waals surface area (Å²) >= 11 is 1.51. The van der Waals surface area contributed by atoms with Crippen molar-refractivity contribution < 1.29 is 19.1 Å². The normalized spacial score (nSPS) is 11.1. The van der Waals surface area contributed by atoms with Crippen molar-refractivity contribution in [2.75, 3.05) is 7.11 Å². The van der Waals surface area contributed by atoms with Gasteiger partial charge in [-0.15, -0.1) is 11.3 Å². The molecule has 1 N–H and O–H groups in total. The first-order valence-electron chi connectivity index (χ1n) is 5.90. The Balaban J connectivity index is 2.09. The summed E-state index contributed by atoms with van der Waals surface area (Å²) in [6, 6.07) is 9.84. The Bertz CT molecular complexity index is 741. The molecule has 0 aliphatic heterocycles. The molecule has 0 spiro atoms. The number of benzene rings is 1. The number of rotatable bonds is 4. The predicted molar refractivity (Wildman–Crippen MR) is 75.0 cm³/mol. The van der Waals surface area contributed by atoms with Gasteiger partial charge in [0.1, 0.15) is 5.69 Å². The van der Waals surface area contributed by atoms with Gasteiger partial charge < -0.3 is 14.3 Å². The number of carboxylic acids is 1. The number of aromatic nitrogens is 1. The van der Waals surface area contributed by atoms with Crippen molar-refractivity contribution in [1.29, 1.82) is 0 Å². The Morgan fingerprint density at radius 3 is 2.95 bits per heavy atom. The monoisotopic (exact) mass is 289 g/mol. The van der Waals surface area contributed by atoms with Crippen LogP contribution in [0.15, 0.2) is 34.7 Å². The molecule has 0 bridgehead atoms. The number of hydrogen-bond donors (Lipinski definition) is 1. The minimum absolute atomic E-state index is 0.107. The van der Waals surface area contributed by atoms with Crippen molar-refractivity contribution in [1.82, 2.24) is 4.98 Å². The molecule has 1 aromatic carbocycles. The quantitative estimate of drug-likeness (QED) is 0.797. The molecule has 102 valence electrons. The number of nitrogens with zero attached hydrogens (tertiary/aromatic N) is 1. The van der Waals surface area contributed by atoms with Gasteiger partial charge in [0.25, 0.3) is 0 Å². The SMILES string of the molecule is COCc1nc(-c2cc3ccccc3s2)oc1C(=O)O. The minimum Gasteiger partial charge on any atom is -0.475 e. The van der Waals surface area contributed by atoms with E-state index in [-0.39, 0.29) is 12.4 Å². The van der Waals surface area contributed by atoms with Gasteiger partial charge in [0.05, 0.1) is 11.5 Å². The first-order chi connectivity index (χ1) is 9.69. The van der Waals surface area contributed by atoms with E-state index in [0.717, 1.165) is 15.0 Å². The molecule has 3 rings (SSSR count). The zero-order valence-electron chi connectivity index (χ0n) is 10.6. The third kappa shape index (κ3) is 2.19. The van der Waals surface area contributed by atoms with Crippen molar-refractivity contribution in [3.05, 3.63) is 41.8 Å². The first kappa shape index (κ1) is 12.8. The number of ether oxygens (including phenoxy) is 1. The number of fused-ring (bicyclic) bond motifs is 1. The maximum atomic E-state index is 11.1. The highest BCUT2D eigenvalue weighted by molar-refractivity contribution is 7.22. The third-order valence-corrected chi connectivity index (χ3v) is 3.91. The van der Waals surface area contributed by atoms with Crippen molar-refractivity contribution in [2.24, 2.45) is 0 Å². The van der Waals surface area contributed by atoms with Crippen molar-refractivity contribution >= 4 is 27.4 Å². The second-order valence-corrected chi connectivity index (χ2v) is 5.27. The van der Waals surface area contributed by atoms with Gasteiger partial charge in [-0.2, -0.15) is 0 Å². The van der Waals surface area contributed by atoms with Crippen LogP contribution in [0.3, 0.4) is 0 Å². The Hall–Kier alpha value is -2.18. The maximum Gasteiger partial charge on any atom is 0.373 e. The highest BCUT2D eigenvalue weighted by Crippen LogP contribution is 2.33. The van der Waals surface area contributed by atoms with E-state index < -0.39 is 5.97 Å². The first-order valence-corrected chi connectivity index (χ1v) is 6.71. The largest absolute Gasteiger partial charge is 0.475 e. The van der Waals surface area contributed by atoms with Gasteiger partial charge in [-0.25, -0.2) is 9.78 Å². The smallest absolute Gasteiger partial charge is 0.373 e. The number of aromatic carboxylic acids is 1. The average Bonchev–Trinajstić information content (AvgIpc) is 3.02. The Labute approximate surface area is 118 Å². The maximum absolute atomic E-state index is 11.1. The summed E-state index contributed by atoms with van der Waals surface area (Å²) in [6.45, 7) is 0.107. The molecule has 3 aromatic rings. The second kappa shape index (κ2) is 5.07. The molecule has 0 aliphatic rings. The van der Waals surface area contributed by atoms with Crippen LogP contribution < -0.4 is 0 Å². The molecule has 0 amide bonds. The molecule has 0 saturated carbocycles. The average molecular weight is 289 g/mol. The van der Waals surface area contributed by atoms with E-state index >= 15 is 0 Å². The summed E-state index contributed by atoms with van der Waals surface area (Å²) in [7, 11) is 1.49. The molecular weight excluding hydrogens is 278 g/mol. The molecule has 5 nitrogen and oxygen atoms in total. The topological polar surface area (TPSA) is 72.6 Å². The summed E-state index contributed by atoms with van der Waals surface area (Å²) < 4.78 is 11.4. The van der Waals surface area contributed by atoms with Crippen molar-refractivity contribution in [2.45, 2.75) is 6.61 Å². The van der Waals surface area contributed by atoms with Gasteiger partial charge >= 0.3 is 5.97 Å². The van der Waals surface area contributed by atoms with Crippen LogP contribution in [-0.2, 0) is 11.3 Å². The minimum atomic E-state index is -1.14. The lowest BCUT2D eigenvalue weighted by atomic mass is 10.2. The van der Waals surface area contributed by atoms with Crippen LogP contribution in [0.2, 0.25) is 0 Å². The van der Waals surface area contributed by atoms with Gasteiger partial charge in [0.15, 0.2) is 0 Å². The van der Waals surface area contributed by atoms with Crippen LogP contribution >= 0.6 is 11.3 Å². The molecule has 0 atom stereocenters. The number of carboxylic acid groups (broad SMARTS) is 1.